The normalized spacial score (nSPS) is 14.5. The van der Waals surface area contributed by atoms with Crippen molar-refractivity contribution >= 4 is 22.4 Å². The van der Waals surface area contributed by atoms with Gasteiger partial charge in [0.1, 0.15) is 5.75 Å². The van der Waals surface area contributed by atoms with Gasteiger partial charge >= 0.3 is 0 Å². The van der Waals surface area contributed by atoms with E-state index in [1.165, 1.54) is 24.0 Å². The third-order valence-corrected chi connectivity index (χ3v) is 5.02. The highest BCUT2D eigenvalue weighted by molar-refractivity contribution is 5.96. The van der Waals surface area contributed by atoms with Crippen LogP contribution >= 0.6 is 0 Å². The average molecular weight is 345 g/mol. The van der Waals surface area contributed by atoms with Crippen molar-refractivity contribution in [1.29, 1.82) is 0 Å². The van der Waals surface area contributed by atoms with E-state index in [1.54, 1.807) is 6.92 Å². The smallest absolute Gasteiger partial charge is 0.265 e. The highest BCUT2D eigenvalue weighted by Crippen LogP contribution is 2.26. The van der Waals surface area contributed by atoms with Crippen LogP contribution in [0.15, 0.2) is 60.7 Å². The molecule has 3 aromatic rings. The van der Waals surface area contributed by atoms with Crippen molar-refractivity contribution in [2.24, 2.45) is 0 Å². The molecule has 132 valence electrons. The van der Waals surface area contributed by atoms with E-state index >= 15 is 0 Å². The molecule has 3 aromatic carbocycles. The van der Waals surface area contributed by atoms with Gasteiger partial charge in [-0.25, -0.2) is 0 Å². The van der Waals surface area contributed by atoms with Gasteiger partial charge in [0.15, 0.2) is 6.10 Å². The number of ether oxygens (including phenoxy) is 1. The molecule has 0 saturated heterocycles. The first-order valence-electron chi connectivity index (χ1n) is 9.27. The van der Waals surface area contributed by atoms with Crippen molar-refractivity contribution in [3.63, 3.8) is 0 Å². The van der Waals surface area contributed by atoms with E-state index < -0.39 is 6.10 Å². The molecule has 1 aliphatic rings. The monoisotopic (exact) mass is 345 g/mol. The summed E-state index contributed by atoms with van der Waals surface area (Å²) in [4.78, 5) is 12.5. The zero-order valence-corrected chi connectivity index (χ0v) is 15.0. The van der Waals surface area contributed by atoms with E-state index in [4.69, 9.17) is 4.74 Å². The molecule has 0 saturated carbocycles. The first-order valence-corrected chi connectivity index (χ1v) is 9.27. The molecule has 3 nitrogen and oxygen atoms in total. The molecule has 26 heavy (non-hydrogen) atoms. The van der Waals surface area contributed by atoms with E-state index in [0.717, 1.165) is 35.1 Å². The third kappa shape index (κ3) is 3.57. The fourth-order valence-electron chi connectivity index (χ4n) is 3.55. The quantitative estimate of drug-likeness (QED) is 0.712. The molecule has 1 N–H and O–H groups in total. The fraction of sp³-hybridized carbons (Fsp3) is 0.261. The summed E-state index contributed by atoms with van der Waals surface area (Å²) in [5.41, 5.74) is 3.56. The molecule has 0 aromatic heterocycles. The SMILES string of the molecule is C[C@@H](Oc1ccc2c(c1)CCCC2)C(=O)Nc1ccc2ccccc2c1. The Morgan fingerprint density at radius 3 is 2.54 bits per heavy atom. The number of hydrogen-bond donors (Lipinski definition) is 1. The van der Waals surface area contributed by atoms with Gasteiger partial charge in [0.25, 0.3) is 5.91 Å². The van der Waals surface area contributed by atoms with Crippen molar-refractivity contribution < 1.29 is 9.53 Å². The Bertz CT molecular complexity index is 948. The van der Waals surface area contributed by atoms with Crippen LogP contribution in [0.5, 0.6) is 5.75 Å². The Balaban J connectivity index is 1.44. The minimum atomic E-state index is -0.553. The molecule has 0 radical (unpaired) electrons. The minimum absolute atomic E-state index is 0.141. The summed E-state index contributed by atoms with van der Waals surface area (Å²) in [7, 11) is 0. The maximum Gasteiger partial charge on any atom is 0.265 e. The molecule has 1 aliphatic carbocycles. The summed E-state index contributed by atoms with van der Waals surface area (Å²) in [5.74, 6) is 0.629. The fourth-order valence-corrected chi connectivity index (χ4v) is 3.55. The summed E-state index contributed by atoms with van der Waals surface area (Å²) in [6.07, 6.45) is 4.19. The standard InChI is InChI=1S/C23H23NO2/c1-16(26-22-13-11-18-7-3-5-9-20(18)15-22)23(25)24-21-12-10-17-6-2-4-8-19(17)14-21/h2,4,6,8,10-16H,3,5,7,9H2,1H3,(H,24,25)/t16-/m1/s1. The highest BCUT2D eigenvalue weighted by Gasteiger charge is 2.16. The lowest BCUT2D eigenvalue weighted by molar-refractivity contribution is -0.122. The molecule has 0 heterocycles. The van der Waals surface area contributed by atoms with Gasteiger partial charge in [0.05, 0.1) is 0 Å². The van der Waals surface area contributed by atoms with E-state index in [2.05, 4.69) is 23.5 Å². The van der Waals surface area contributed by atoms with Gasteiger partial charge in [-0.1, -0.05) is 36.4 Å². The summed E-state index contributed by atoms with van der Waals surface area (Å²) in [6, 6.07) is 20.2. The number of nitrogens with one attached hydrogen (secondary N) is 1. The van der Waals surface area contributed by atoms with Crippen molar-refractivity contribution in [3.05, 3.63) is 71.8 Å². The number of benzene rings is 3. The van der Waals surface area contributed by atoms with E-state index in [0.29, 0.717) is 0 Å². The van der Waals surface area contributed by atoms with Gasteiger partial charge in [-0.05, 0) is 78.8 Å². The molecule has 0 bridgehead atoms. The first-order chi connectivity index (χ1) is 12.7. The van der Waals surface area contributed by atoms with Crippen LogP contribution in [0.2, 0.25) is 0 Å². The zero-order chi connectivity index (χ0) is 17.9. The van der Waals surface area contributed by atoms with Gasteiger partial charge in [-0.3, -0.25) is 4.79 Å². The second-order valence-corrected chi connectivity index (χ2v) is 6.95. The largest absolute Gasteiger partial charge is 0.481 e. The summed E-state index contributed by atoms with van der Waals surface area (Å²) >= 11 is 0. The zero-order valence-electron chi connectivity index (χ0n) is 15.0. The lowest BCUT2D eigenvalue weighted by Crippen LogP contribution is -2.30. The van der Waals surface area contributed by atoms with Gasteiger partial charge in [0.2, 0.25) is 0 Å². The number of rotatable bonds is 4. The van der Waals surface area contributed by atoms with E-state index in [-0.39, 0.29) is 5.91 Å². The summed E-state index contributed by atoms with van der Waals surface area (Å²) < 4.78 is 5.89. The number of amides is 1. The molecule has 1 amide bonds. The predicted molar refractivity (Wildman–Crippen MR) is 106 cm³/mol. The summed E-state index contributed by atoms with van der Waals surface area (Å²) in [6.45, 7) is 1.79. The number of fused-ring (bicyclic) bond motifs is 2. The number of carbonyl (C=O) groups excluding carboxylic acids is 1. The van der Waals surface area contributed by atoms with Crippen LogP contribution in [-0.2, 0) is 17.6 Å². The highest BCUT2D eigenvalue weighted by atomic mass is 16.5. The number of aryl methyl sites for hydroxylation is 2. The van der Waals surface area contributed by atoms with Crippen molar-refractivity contribution in [2.75, 3.05) is 5.32 Å². The van der Waals surface area contributed by atoms with Crippen LogP contribution in [0.25, 0.3) is 10.8 Å². The molecule has 3 heteroatoms. The maximum atomic E-state index is 12.5. The van der Waals surface area contributed by atoms with Gasteiger partial charge in [0, 0.05) is 5.69 Å². The van der Waals surface area contributed by atoms with E-state index in [1.807, 2.05) is 42.5 Å². The Labute approximate surface area is 154 Å². The Kier molecular flexibility index (Phi) is 4.61. The molecule has 0 fully saturated rings. The van der Waals surface area contributed by atoms with Crippen LogP contribution < -0.4 is 10.1 Å². The Hall–Kier alpha value is -2.81. The Morgan fingerprint density at radius 1 is 0.923 bits per heavy atom. The van der Waals surface area contributed by atoms with Crippen molar-refractivity contribution in [1.82, 2.24) is 0 Å². The second kappa shape index (κ2) is 7.20. The molecular formula is C23H23NO2. The van der Waals surface area contributed by atoms with Crippen LogP contribution in [0.1, 0.15) is 30.9 Å². The molecule has 4 rings (SSSR count). The van der Waals surface area contributed by atoms with E-state index in [9.17, 15) is 4.79 Å². The van der Waals surface area contributed by atoms with Crippen LogP contribution in [0.3, 0.4) is 0 Å². The van der Waals surface area contributed by atoms with Gasteiger partial charge < -0.3 is 10.1 Å². The molecular weight excluding hydrogens is 322 g/mol. The first kappa shape index (κ1) is 16.6. The van der Waals surface area contributed by atoms with Gasteiger partial charge in [-0.2, -0.15) is 0 Å². The second-order valence-electron chi connectivity index (χ2n) is 6.95. The Morgan fingerprint density at radius 2 is 1.69 bits per heavy atom. The number of hydrogen-bond acceptors (Lipinski definition) is 2. The molecule has 0 aliphatic heterocycles. The van der Waals surface area contributed by atoms with Crippen molar-refractivity contribution in [3.8, 4) is 5.75 Å². The number of carbonyl (C=O) groups is 1. The summed E-state index contributed by atoms with van der Waals surface area (Å²) in [5, 5.41) is 5.21. The minimum Gasteiger partial charge on any atom is -0.481 e. The van der Waals surface area contributed by atoms with Crippen molar-refractivity contribution in [2.45, 2.75) is 38.7 Å². The maximum absolute atomic E-state index is 12.5. The molecule has 1 atom stereocenters. The molecule has 0 spiro atoms. The van der Waals surface area contributed by atoms with Gasteiger partial charge in [-0.15, -0.1) is 0 Å². The predicted octanol–water partition coefficient (Wildman–Crippen LogP) is 5.12. The third-order valence-electron chi connectivity index (χ3n) is 5.02. The van der Waals surface area contributed by atoms with Crippen LogP contribution in [0.4, 0.5) is 5.69 Å². The molecule has 0 unspecified atom stereocenters. The lowest BCUT2D eigenvalue weighted by Gasteiger charge is -2.19. The van der Waals surface area contributed by atoms with Crippen LogP contribution in [0, 0.1) is 0 Å². The average Bonchev–Trinajstić information content (AvgIpc) is 2.67. The lowest BCUT2D eigenvalue weighted by atomic mass is 9.92. The number of anilines is 1. The van der Waals surface area contributed by atoms with Crippen LogP contribution in [-0.4, -0.2) is 12.0 Å². The topological polar surface area (TPSA) is 38.3 Å².